The molecule has 0 amide bonds. The highest BCUT2D eigenvalue weighted by atomic mass is 15.3. The molecule has 1 rings (SSSR count). The molecule has 0 saturated heterocycles. The van der Waals surface area contributed by atoms with Crippen molar-refractivity contribution in [2.24, 2.45) is 0 Å². The van der Waals surface area contributed by atoms with Gasteiger partial charge >= 0.3 is 0 Å². The molecule has 0 bridgehead atoms. The first-order chi connectivity index (χ1) is 10.3. The Morgan fingerprint density at radius 1 is 0.762 bits per heavy atom. The molecule has 2 nitrogen and oxygen atoms in total. The van der Waals surface area contributed by atoms with Crippen LogP contribution in [0.5, 0.6) is 0 Å². The van der Waals surface area contributed by atoms with Crippen LogP contribution >= 0.6 is 0 Å². The van der Waals surface area contributed by atoms with Gasteiger partial charge in [-0.25, -0.2) is 0 Å². The van der Waals surface area contributed by atoms with Crippen molar-refractivity contribution in [2.75, 3.05) is 0 Å². The van der Waals surface area contributed by atoms with Crippen molar-refractivity contribution in [3.05, 3.63) is 18.5 Å². The zero-order valence-electron chi connectivity index (χ0n) is 14.6. The quantitative estimate of drug-likeness (QED) is 0.389. The monoisotopic (exact) mass is 292 g/mol. The Balaban J connectivity index is 2.78. The van der Waals surface area contributed by atoms with E-state index in [1.54, 1.807) is 0 Å². The molecule has 0 aromatic carbocycles. The molecule has 2 heteroatoms. The predicted octanol–water partition coefficient (Wildman–Crippen LogP) is 6.32. The molecule has 0 aliphatic carbocycles. The van der Waals surface area contributed by atoms with Gasteiger partial charge in [-0.05, 0) is 25.3 Å². The number of hydrogen-bond donors (Lipinski definition) is 0. The van der Waals surface area contributed by atoms with Gasteiger partial charge in [0.1, 0.15) is 0 Å². The maximum absolute atomic E-state index is 4.64. The highest BCUT2D eigenvalue weighted by Crippen LogP contribution is 2.35. The zero-order chi connectivity index (χ0) is 15.4. The van der Waals surface area contributed by atoms with Gasteiger partial charge < -0.3 is 0 Å². The summed E-state index contributed by atoms with van der Waals surface area (Å²) in [6.45, 7) is 6.89. The Morgan fingerprint density at radius 2 is 1.24 bits per heavy atom. The van der Waals surface area contributed by atoms with Gasteiger partial charge in [0, 0.05) is 12.4 Å². The van der Waals surface area contributed by atoms with Crippen molar-refractivity contribution >= 4 is 0 Å². The second-order valence-electron chi connectivity index (χ2n) is 6.55. The van der Waals surface area contributed by atoms with Crippen LogP contribution in [0.1, 0.15) is 97.8 Å². The van der Waals surface area contributed by atoms with Crippen molar-refractivity contribution in [3.8, 4) is 0 Å². The van der Waals surface area contributed by atoms with Crippen LogP contribution in [0, 0.1) is 0 Å². The van der Waals surface area contributed by atoms with Gasteiger partial charge in [0.2, 0.25) is 0 Å². The van der Waals surface area contributed by atoms with E-state index in [2.05, 4.69) is 42.8 Å². The largest absolute Gasteiger partial charge is 0.267 e. The fourth-order valence-electron chi connectivity index (χ4n) is 3.38. The van der Waals surface area contributed by atoms with E-state index in [0.29, 0.717) is 0 Å². The SMILES string of the molecule is CCCCCC(CCCCC)(CCCCC)n1cccn1. The summed E-state index contributed by atoms with van der Waals surface area (Å²) < 4.78 is 2.30. The zero-order valence-corrected chi connectivity index (χ0v) is 14.6. The third-order valence-corrected chi connectivity index (χ3v) is 4.73. The van der Waals surface area contributed by atoms with Crippen LogP contribution in [0.4, 0.5) is 0 Å². The lowest BCUT2D eigenvalue weighted by Crippen LogP contribution is -2.34. The second-order valence-corrected chi connectivity index (χ2v) is 6.55. The van der Waals surface area contributed by atoms with Crippen LogP contribution in [-0.4, -0.2) is 9.78 Å². The van der Waals surface area contributed by atoms with Crippen LogP contribution in [0.15, 0.2) is 18.5 Å². The normalized spacial score (nSPS) is 12.0. The maximum atomic E-state index is 4.64. The first-order valence-corrected chi connectivity index (χ1v) is 9.29. The van der Waals surface area contributed by atoms with Crippen LogP contribution in [0.25, 0.3) is 0 Å². The Morgan fingerprint density at radius 3 is 1.57 bits per heavy atom. The fraction of sp³-hybridized carbons (Fsp3) is 0.842. The van der Waals surface area contributed by atoms with E-state index < -0.39 is 0 Å². The topological polar surface area (TPSA) is 17.8 Å². The fourth-order valence-corrected chi connectivity index (χ4v) is 3.38. The molecular formula is C19H36N2. The molecule has 1 heterocycles. The first-order valence-electron chi connectivity index (χ1n) is 9.29. The minimum Gasteiger partial charge on any atom is -0.267 e. The third kappa shape index (κ3) is 6.23. The molecule has 0 aliphatic heterocycles. The number of nitrogens with zero attached hydrogens (tertiary/aromatic N) is 2. The summed E-state index contributed by atoms with van der Waals surface area (Å²) >= 11 is 0. The summed E-state index contributed by atoms with van der Waals surface area (Å²) in [4.78, 5) is 0. The highest BCUT2D eigenvalue weighted by molar-refractivity contribution is 4.91. The molecule has 0 spiro atoms. The van der Waals surface area contributed by atoms with Crippen molar-refractivity contribution in [1.29, 1.82) is 0 Å². The lowest BCUT2D eigenvalue weighted by Gasteiger charge is -2.35. The number of unbranched alkanes of at least 4 members (excludes halogenated alkanes) is 6. The molecule has 0 unspecified atom stereocenters. The summed E-state index contributed by atoms with van der Waals surface area (Å²) in [7, 11) is 0. The summed E-state index contributed by atoms with van der Waals surface area (Å²) in [5, 5.41) is 4.64. The molecule has 122 valence electrons. The molecule has 0 radical (unpaired) electrons. The van der Waals surface area contributed by atoms with Crippen LogP contribution in [0.3, 0.4) is 0 Å². The summed E-state index contributed by atoms with van der Waals surface area (Å²) in [5.41, 5.74) is 0.281. The van der Waals surface area contributed by atoms with E-state index in [1.165, 1.54) is 77.0 Å². The van der Waals surface area contributed by atoms with Gasteiger partial charge in [-0.1, -0.05) is 78.6 Å². The lowest BCUT2D eigenvalue weighted by atomic mass is 9.82. The second kappa shape index (κ2) is 10.9. The van der Waals surface area contributed by atoms with E-state index in [1.807, 2.05) is 6.20 Å². The van der Waals surface area contributed by atoms with Crippen LogP contribution in [0.2, 0.25) is 0 Å². The number of aromatic nitrogens is 2. The molecule has 1 aromatic rings. The molecule has 0 saturated carbocycles. The Kier molecular flexibility index (Phi) is 9.45. The lowest BCUT2D eigenvalue weighted by molar-refractivity contribution is 0.179. The van der Waals surface area contributed by atoms with E-state index in [4.69, 9.17) is 0 Å². The Bertz CT molecular complexity index is 303. The van der Waals surface area contributed by atoms with E-state index in [-0.39, 0.29) is 5.54 Å². The Labute approximate surface area is 132 Å². The Hall–Kier alpha value is -0.790. The van der Waals surface area contributed by atoms with Crippen molar-refractivity contribution < 1.29 is 0 Å². The van der Waals surface area contributed by atoms with E-state index in [0.717, 1.165) is 0 Å². The van der Waals surface area contributed by atoms with Gasteiger partial charge in [-0.15, -0.1) is 0 Å². The van der Waals surface area contributed by atoms with Gasteiger partial charge in [0.25, 0.3) is 0 Å². The molecule has 0 atom stereocenters. The molecule has 21 heavy (non-hydrogen) atoms. The predicted molar refractivity (Wildman–Crippen MR) is 92.6 cm³/mol. The molecular weight excluding hydrogens is 256 g/mol. The summed E-state index contributed by atoms with van der Waals surface area (Å²) in [5.74, 6) is 0. The third-order valence-electron chi connectivity index (χ3n) is 4.73. The van der Waals surface area contributed by atoms with Crippen LogP contribution < -0.4 is 0 Å². The minimum absolute atomic E-state index is 0.281. The standard InChI is InChI=1S/C19H36N2/c1-4-7-10-14-19(15-11-8-5-2,16-12-9-6-3)21-18-13-17-20-21/h13,17-18H,4-12,14-16H2,1-3H3. The smallest absolute Gasteiger partial charge is 0.0627 e. The summed E-state index contributed by atoms with van der Waals surface area (Å²) in [6.07, 6.45) is 20.1. The molecule has 1 aromatic heterocycles. The van der Waals surface area contributed by atoms with Gasteiger partial charge in [0.05, 0.1) is 5.54 Å². The molecule has 0 N–H and O–H groups in total. The highest BCUT2D eigenvalue weighted by Gasteiger charge is 2.30. The van der Waals surface area contributed by atoms with Crippen molar-refractivity contribution in [2.45, 2.75) is 103 Å². The first kappa shape index (κ1) is 18.3. The van der Waals surface area contributed by atoms with Crippen molar-refractivity contribution in [3.63, 3.8) is 0 Å². The number of rotatable bonds is 13. The minimum atomic E-state index is 0.281. The number of hydrogen-bond acceptors (Lipinski definition) is 1. The van der Waals surface area contributed by atoms with Gasteiger partial charge in [-0.2, -0.15) is 5.10 Å². The molecule has 0 aliphatic rings. The van der Waals surface area contributed by atoms with E-state index in [9.17, 15) is 0 Å². The maximum Gasteiger partial charge on any atom is 0.0627 e. The van der Waals surface area contributed by atoms with Gasteiger partial charge in [0.15, 0.2) is 0 Å². The van der Waals surface area contributed by atoms with Gasteiger partial charge in [-0.3, -0.25) is 4.68 Å². The average molecular weight is 293 g/mol. The average Bonchev–Trinajstić information content (AvgIpc) is 3.02. The summed E-state index contributed by atoms with van der Waals surface area (Å²) in [6, 6.07) is 2.09. The van der Waals surface area contributed by atoms with E-state index >= 15 is 0 Å². The van der Waals surface area contributed by atoms with Crippen LogP contribution in [-0.2, 0) is 5.54 Å². The molecule has 0 fully saturated rings. The van der Waals surface area contributed by atoms with Crippen molar-refractivity contribution in [1.82, 2.24) is 9.78 Å².